The number of anilines is 2. The second-order valence-electron chi connectivity index (χ2n) is 7.95. The highest BCUT2D eigenvalue weighted by Gasteiger charge is 2.12. The predicted molar refractivity (Wildman–Crippen MR) is 122 cm³/mol. The second-order valence-corrected chi connectivity index (χ2v) is 7.95. The van der Waals surface area contributed by atoms with Crippen molar-refractivity contribution >= 4 is 22.8 Å². The van der Waals surface area contributed by atoms with Gasteiger partial charge in [0.05, 0.1) is 16.7 Å². The summed E-state index contributed by atoms with van der Waals surface area (Å²) in [5, 5.41) is 6.71. The van der Waals surface area contributed by atoms with E-state index in [1.807, 2.05) is 32.2 Å². The molecule has 1 fully saturated rings. The molecule has 3 aromatic heterocycles. The molecule has 0 atom stereocenters. The van der Waals surface area contributed by atoms with E-state index in [1.165, 1.54) is 5.56 Å². The molecule has 0 aliphatic carbocycles. The summed E-state index contributed by atoms with van der Waals surface area (Å²) < 4.78 is 0. The fraction of sp³-hybridized carbons (Fsp3) is 0.304. The van der Waals surface area contributed by atoms with E-state index in [0.29, 0.717) is 5.95 Å². The summed E-state index contributed by atoms with van der Waals surface area (Å²) >= 11 is 0. The van der Waals surface area contributed by atoms with E-state index >= 15 is 0 Å². The summed E-state index contributed by atoms with van der Waals surface area (Å²) in [4.78, 5) is 23.7. The maximum Gasteiger partial charge on any atom is 0.206 e. The Labute approximate surface area is 181 Å². The number of fused-ring (bicyclic) bond motifs is 1. The van der Waals surface area contributed by atoms with Crippen LogP contribution in [0.2, 0.25) is 0 Å². The van der Waals surface area contributed by atoms with E-state index in [9.17, 15) is 0 Å². The summed E-state index contributed by atoms with van der Waals surface area (Å²) in [5.41, 5.74) is 7.16. The van der Waals surface area contributed by atoms with Crippen molar-refractivity contribution in [1.82, 2.24) is 35.1 Å². The zero-order valence-corrected chi connectivity index (χ0v) is 17.8. The Bertz CT molecular complexity index is 1210. The fourth-order valence-electron chi connectivity index (χ4n) is 3.94. The first-order chi connectivity index (χ1) is 15.2. The number of aromatic amines is 1. The number of nitrogens with one attached hydrogen (secondary N) is 3. The normalized spacial score (nSPS) is 14.8. The molecule has 1 saturated heterocycles. The number of H-pyrrole nitrogens is 1. The lowest BCUT2D eigenvalue weighted by Gasteiger charge is -2.27. The van der Waals surface area contributed by atoms with E-state index in [4.69, 9.17) is 0 Å². The number of benzene rings is 1. The first-order valence-electron chi connectivity index (χ1n) is 10.6. The highest BCUT2D eigenvalue weighted by atomic mass is 15.2. The van der Waals surface area contributed by atoms with Gasteiger partial charge in [0, 0.05) is 50.2 Å². The van der Waals surface area contributed by atoms with Gasteiger partial charge >= 0.3 is 0 Å². The monoisotopic (exact) mass is 414 g/mol. The molecular weight excluding hydrogens is 388 g/mol. The average Bonchev–Trinajstić information content (AvgIpc) is 3.18. The van der Waals surface area contributed by atoms with Gasteiger partial charge in [0.15, 0.2) is 0 Å². The number of nitrogens with zero attached hydrogens (tertiary/aromatic N) is 5. The molecule has 0 saturated carbocycles. The summed E-state index contributed by atoms with van der Waals surface area (Å²) in [6.45, 7) is 9.22. The van der Waals surface area contributed by atoms with Gasteiger partial charge in [-0.3, -0.25) is 4.90 Å². The van der Waals surface area contributed by atoms with Gasteiger partial charge in [-0.05, 0) is 49.2 Å². The average molecular weight is 415 g/mol. The molecule has 0 bridgehead atoms. The van der Waals surface area contributed by atoms with Crippen LogP contribution in [0.3, 0.4) is 0 Å². The maximum absolute atomic E-state index is 4.67. The minimum atomic E-state index is 0.676. The molecule has 3 N–H and O–H groups in total. The summed E-state index contributed by atoms with van der Waals surface area (Å²) in [6.07, 6.45) is 3.46. The largest absolute Gasteiger partial charge is 0.324 e. The van der Waals surface area contributed by atoms with E-state index < -0.39 is 0 Å². The lowest BCUT2D eigenvalue weighted by Crippen LogP contribution is -2.42. The van der Waals surface area contributed by atoms with E-state index in [2.05, 4.69) is 58.7 Å². The maximum atomic E-state index is 4.67. The van der Waals surface area contributed by atoms with E-state index in [1.54, 1.807) is 6.33 Å². The van der Waals surface area contributed by atoms with Crippen molar-refractivity contribution in [1.29, 1.82) is 0 Å². The molecular formula is C23H26N8. The van der Waals surface area contributed by atoms with Crippen molar-refractivity contribution in [2.24, 2.45) is 0 Å². The zero-order valence-electron chi connectivity index (χ0n) is 17.8. The number of hydrogen-bond acceptors (Lipinski definition) is 7. The van der Waals surface area contributed by atoms with Crippen LogP contribution in [0.15, 0.2) is 42.9 Å². The molecule has 0 spiro atoms. The topological polar surface area (TPSA) is 94.7 Å². The first kappa shape index (κ1) is 19.6. The SMILES string of the molecule is Cc1ncnc(-c2ccc3nc(Nc4cc(CN5CCNCC5)ccn4)[nH]c3c2)c1C. The minimum Gasteiger partial charge on any atom is -0.324 e. The molecule has 0 unspecified atom stereocenters. The third-order valence-electron chi connectivity index (χ3n) is 5.78. The van der Waals surface area contributed by atoms with Crippen LogP contribution in [0.5, 0.6) is 0 Å². The Hall–Kier alpha value is -3.36. The molecule has 8 nitrogen and oxygen atoms in total. The van der Waals surface area contributed by atoms with Crippen molar-refractivity contribution in [3.05, 3.63) is 59.7 Å². The number of piperazine rings is 1. The second kappa shape index (κ2) is 8.41. The zero-order chi connectivity index (χ0) is 21.2. The Morgan fingerprint density at radius 3 is 2.77 bits per heavy atom. The molecule has 1 aliphatic heterocycles. The lowest BCUT2D eigenvalue weighted by molar-refractivity contribution is 0.233. The molecule has 1 aromatic carbocycles. The van der Waals surface area contributed by atoms with Gasteiger partial charge in [0.2, 0.25) is 5.95 Å². The molecule has 4 heterocycles. The number of aromatic nitrogens is 5. The van der Waals surface area contributed by atoms with Gasteiger partial charge < -0.3 is 15.6 Å². The molecule has 0 radical (unpaired) electrons. The van der Waals surface area contributed by atoms with E-state index in [0.717, 1.165) is 72.1 Å². The predicted octanol–water partition coefficient (Wildman–Crippen LogP) is 3.18. The van der Waals surface area contributed by atoms with Crippen LogP contribution in [-0.2, 0) is 6.54 Å². The number of pyridine rings is 1. The summed E-state index contributed by atoms with van der Waals surface area (Å²) in [5.74, 6) is 1.46. The Morgan fingerprint density at radius 2 is 1.90 bits per heavy atom. The van der Waals surface area contributed by atoms with Crippen LogP contribution in [0.4, 0.5) is 11.8 Å². The van der Waals surface area contributed by atoms with Gasteiger partial charge in [-0.15, -0.1) is 0 Å². The fourth-order valence-corrected chi connectivity index (χ4v) is 3.94. The number of imidazole rings is 1. The number of aryl methyl sites for hydroxylation is 1. The summed E-state index contributed by atoms with van der Waals surface area (Å²) in [6, 6.07) is 10.3. The van der Waals surface area contributed by atoms with Crippen molar-refractivity contribution in [3.8, 4) is 11.3 Å². The lowest BCUT2D eigenvalue weighted by atomic mass is 10.1. The van der Waals surface area contributed by atoms with Crippen LogP contribution < -0.4 is 10.6 Å². The minimum absolute atomic E-state index is 0.676. The van der Waals surface area contributed by atoms with Crippen molar-refractivity contribution in [2.45, 2.75) is 20.4 Å². The number of hydrogen-bond donors (Lipinski definition) is 3. The van der Waals surface area contributed by atoms with Gasteiger partial charge in [-0.1, -0.05) is 6.07 Å². The highest BCUT2D eigenvalue weighted by molar-refractivity contribution is 5.83. The van der Waals surface area contributed by atoms with Crippen LogP contribution in [0.25, 0.3) is 22.3 Å². The third-order valence-corrected chi connectivity index (χ3v) is 5.78. The molecule has 0 amide bonds. The molecule has 1 aliphatic rings. The standard InChI is InChI=1S/C23H26N8/c1-15-16(2)26-14-27-22(15)18-3-4-19-20(12-18)29-23(28-19)30-21-11-17(5-6-25-21)13-31-9-7-24-8-10-31/h3-6,11-12,14,24H,7-10,13H2,1-2H3,(H2,25,28,29,30). The smallest absolute Gasteiger partial charge is 0.206 e. The quantitative estimate of drug-likeness (QED) is 0.462. The Morgan fingerprint density at radius 1 is 1.03 bits per heavy atom. The number of rotatable bonds is 5. The molecule has 5 rings (SSSR count). The van der Waals surface area contributed by atoms with Gasteiger partial charge in [-0.25, -0.2) is 19.9 Å². The van der Waals surface area contributed by atoms with Crippen LogP contribution in [0.1, 0.15) is 16.8 Å². The van der Waals surface area contributed by atoms with Crippen LogP contribution in [-0.4, -0.2) is 56.0 Å². The molecule has 4 aromatic rings. The van der Waals surface area contributed by atoms with Crippen LogP contribution in [0, 0.1) is 13.8 Å². The molecule has 158 valence electrons. The third kappa shape index (κ3) is 4.26. The van der Waals surface area contributed by atoms with Gasteiger partial charge in [0.25, 0.3) is 0 Å². The van der Waals surface area contributed by atoms with Crippen molar-refractivity contribution in [2.75, 3.05) is 31.5 Å². The van der Waals surface area contributed by atoms with Crippen molar-refractivity contribution < 1.29 is 0 Å². The van der Waals surface area contributed by atoms with Crippen molar-refractivity contribution in [3.63, 3.8) is 0 Å². The first-order valence-corrected chi connectivity index (χ1v) is 10.6. The Balaban J connectivity index is 1.36. The summed E-state index contributed by atoms with van der Waals surface area (Å²) in [7, 11) is 0. The van der Waals surface area contributed by atoms with Gasteiger partial charge in [-0.2, -0.15) is 0 Å². The molecule has 8 heteroatoms. The molecule has 31 heavy (non-hydrogen) atoms. The Kier molecular flexibility index (Phi) is 5.31. The van der Waals surface area contributed by atoms with E-state index in [-0.39, 0.29) is 0 Å². The highest BCUT2D eigenvalue weighted by Crippen LogP contribution is 2.26. The van der Waals surface area contributed by atoms with Gasteiger partial charge in [0.1, 0.15) is 12.1 Å². The van der Waals surface area contributed by atoms with Crippen LogP contribution >= 0.6 is 0 Å².